The summed E-state index contributed by atoms with van der Waals surface area (Å²) in [5.41, 5.74) is 2.37. The molecule has 0 fully saturated rings. The molecule has 1 heterocycles. The van der Waals surface area contributed by atoms with Gasteiger partial charge in [0.05, 0.1) is 13.0 Å². The van der Waals surface area contributed by atoms with E-state index < -0.39 is 17.3 Å². The van der Waals surface area contributed by atoms with Gasteiger partial charge < -0.3 is 9.66 Å². The maximum Gasteiger partial charge on any atom is 0.329 e. The third-order valence-electron chi connectivity index (χ3n) is 4.49. The quantitative estimate of drug-likeness (QED) is 0.625. The van der Waals surface area contributed by atoms with Crippen molar-refractivity contribution in [2.24, 2.45) is 0 Å². The van der Waals surface area contributed by atoms with Gasteiger partial charge in [-0.2, -0.15) is 9.71 Å². The molecule has 0 aliphatic carbocycles. The summed E-state index contributed by atoms with van der Waals surface area (Å²) in [6.45, 7) is 9.64. The molecule has 0 aliphatic rings. The van der Waals surface area contributed by atoms with Gasteiger partial charge in [-0.1, -0.05) is 46.0 Å². The van der Waals surface area contributed by atoms with Crippen molar-refractivity contribution in [1.29, 1.82) is 0 Å². The minimum Gasteiger partial charge on any atom is -0.586 e. The number of halogens is 1. The number of hydrogen-bond donors (Lipinski definition) is 2. The fourth-order valence-electron chi connectivity index (χ4n) is 2.93. The minimum atomic E-state index is -1.77. The maximum absolute atomic E-state index is 14.0. The summed E-state index contributed by atoms with van der Waals surface area (Å²) in [5, 5.41) is 9.21. The molecule has 2 unspecified atom stereocenters. The standard InChI is InChI=1S/C20H27FN2O3S2/c1-11(2)15-6-14(21)7-16(12(3)4)17(15)8-19(25)23-28(26)20-22-9-18(27-20)13(5)10-24/h6-7,9,11-13,24H,8,10H2,1-5H3,(H,23,25). The van der Waals surface area contributed by atoms with Gasteiger partial charge in [0, 0.05) is 17.0 Å². The van der Waals surface area contributed by atoms with Crippen molar-refractivity contribution in [3.63, 3.8) is 0 Å². The van der Waals surface area contributed by atoms with E-state index in [1.54, 1.807) is 6.20 Å². The Labute approximate surface area is 172 Å². The predicted octanol–water partition coefficient (Wildman–Crippen LogP) is 4.01. The molecule has 2 N–H and O–H groups in total. The first-order chi connectivity index (χ1) is 13.1. The summed E-state index contributed by atoms with van der Waals surface area (Å²) in [4.78, 5) is 17.5. The van der Waals surface area contributed by atoms with E-state index in [0.717, 1.165) is 21.6 Å². The lowest BCUT2D eigenvalue weighted by molar-refractivity contribution is -0.118. The van der Waals surface area contributed by atoms with Crippen molar-refractivity contribution in [3.05, 3.63) is 45.7 Å². The van der Waals surface area contributed by atoms with Crippen molar-refractivity contribution in [2.45, 2.75) is 63.1 Å². The monoisotopic (exact) mass is 426 g/mol. The second-order valence-electron chi connectivity index (χ2n) is 7.46. The second kappa shape index (κ2) is 9.82. The number of nitrogens with zero attached hydrogens (tertiary/aromatic N) is 1. The van der Waals surface area contributed by atoms with Crippen molar-refractivity contribution >= 4 is 28.6 Å². The molecule has 1 aromatic heterocycles. The van der Waals surface area contributed by atoms with Crippen LogP contribution in [0.25, 0.3) is 0 Å². The zero-order chi connectivity index (χ0) is 21.0. The summed E-state index contributed by atoms with van der Waals surface area (Å²) < 4.78 is 29.3. The number of benzene rings is 1. The third kappa shape index (κ3) is 5.53. The van der Waals surface area contributed by atoms with E-state index in [-0.39, 0.29) is 40.9 Å². The smallest absolute Gasteiger partial charge is 0.329 e. The number of rotatable bonds is 8. The highest BCUT2D eigenvalue weighted by Gasteiger charge is 2.24. The van der Waals surface area contributed by atoms with Crippen molar-refractivity contribution in [1.82, 2.24) is 9.71 Å². The van der Waals surface area contributed by atoms with Gasteiger partial charge in [0.15, 0.2) is 0 Å². The largest absolute Gasteiger partial charge is 0.586 e. The molecule has 0 saturated heterocycles. The Morgan fingerprint density at radius 3 is 2.32 bits per heavy atom. The molecule has 0 spiro atoms. The van der Waals surface area contributed by atoms with E-state index in [1.807, 2.05) is 34.6 Å². The van der Waals surface area contributed by atoms with Gasteiger partial charge in [-0.3, -0.25) is 4.79 Å². The fraction of sp³-hybridized carbons (Fsp3) is 0.500. The predicted molar refractivity (Wildman–Crippen MR) is 110 cm³/mol. The molecular weight excluding hydrogens is 399 g/mol. The lowest BCUT2D eigenvalue weighted by Crippen LogP contribution is -2.32. The molecule has 2 aromatic rings. The van der Waals surface area contributed by atoms with Crippen LogP contribution in [0.3, 0.4) is 0 Å². The number of carbonyl (C=O) groups excluding carboxylic acids is 1. The molecule has 28 heavy (non-hydrogen) atoms. The summed E-state index contributed by atoms with van der Waals surface area (Å²) >= 11 is -0.567. The Balaban J connectivity index is 2.19. The molecule has 1 amide bonds. The molecule has 0 bridgehead atoms. The van der Waals surface area contributed by atoms with E-state index in [2.05, 4.69) is 9.71 Å². The van der Waals surface area contributed by atoms with Gasteiger partial charge in [-0.05, 0) is 40.7 Å². The zero-order valence-corrected chi connectivity index (χ0v) is 18.4. The molecule has 154 valence electrons. The van der Waals surface area contributed by atoms with Crippen LogP contribution in [0.15, 0.2) is 22.7 Å². The molecule has 1 aromatic carbocycles. The van der Waals surface area contributed by atoms with Crippen LogP contribution in [-0.2, 0) is 22.6 Å². The van der Waals surface area contributed by atoms with Crippen LogP contribution in [0, 0.1) is 5.82 Å². The molecule has 2 atom stereocenters. The molecule has 0 radical (unpaired) electrons. The molecular formula is C20H27FN2O3S2. The van der Waals surface area contributed by atoms with Crippen LogP contribution < -0.4 is 4.72 Å². The van der Waals surface area contributed by atoms with Gasteiger partial charge in [0.25, 0.3) is 5.91 Å². The normalized spacial score (nSPS) is 13.8. The zero-order valence-electron chi connectivity index (χ0n) is 16.8. The van der Waals surface area contributed by atoms with Crippen LogP contribution in [0.2, 0.25) is 0 Å². The van der Waals surface area contributed by atoms with E-state index >= 15 is 0 Å². The number of thiazole rings is 1. The van der Waals surface area contributed by atoms with E-state index in [1.165, 1.54) is 23.5 Å². The maximum atomic E-state index is 14.0. The van der Waals surface area contributed by atoms with Crippen molar-refractivity contribution in [2.75, 3.05) is 6.61 Å². The van der Waals surface area contributed by atoms with E-state index in [4.69, 9.17) is 0 Å². The number of aliphatic hydroxyl groups excluding tert-OH is 1. The summed E-state index contributed by atoms with van der Waals surface area (Å²) in [5.74, 6) is -0.694. The highest BCUT2D eigenvalue weighted by molar-refractivity contribution is 7.92. The molecule has 0 saturated carbocycles. The fourth-order valence-corrected chi connectivity index (χ4v) is 4.85. The highest BCUT2D eigenvalue weighted by Crippen LogP contribution is 2.30. The molecule has 0 aliphatic heterocycles. The van der Waals surface area contributed by atoms with Gasteiger partial charge in [0.2, 0.25) is 0 Å². The van der Waals surface area contributed by atoms with Crippen LogP contribution in [0.1, 0.15) is 73.9 Å². The number of hydrogen-bond acceptors (Lipinski definition) is 5. The number of carbonyl (C=O) groups is 1. The number of nitrogens with one attached hydrogen (secondary N) is 1. The Kier molecular flexibility index (Phi) is 8.00. The van der Waals surface area contributed by atoms with E-state index in [9.17, 15) is 18.8 Å². The Hall–Kier alpha value is -1.48. The van der Waals surface area contributed by atoms with Crippen molar-refractivity contribution < 1.29 is 18.8 Å². The van der Waals surface area contributed by atoms with Gasteiger partial charge in [-0.25, -0.2) is 4.39 Å². The van der Waals surface area contributed by atoms with Gasteiger partial charge in [-0.15, -0.1) is 0 Å². The average molecular weight is 427 g/mol. The molecule has 2 rings (SSSR count). The average Bonchev–Trinajstić information content (AvgIpc) is 3.12. The van der Waals surface area contributed by atoms with Crippen LogP contribution >= 0.6 is 11.3 Å². The lowest BCUT2D eigenvalue weighted by atomic mass is 9.87. The summed E-state index contributed by atoms with van der Waals surface area (Å²) in [6, 6.07) is 2.94. The third-order valence-corrected chi connectivity index (χ3v) is 7.06. The first-order valence-corrected chi connectivity index (χ1v) is 11.2. The number of aromatic nitrogens is 1. The Morgan fingerprint density at radius 2 is 1.82 bits per heavy atom. The van der Waals surface area contributed by atoms with Crippen molar-refractivity contribution in [3.8, 4) is 0 Å². The topological polar surface area (TPSA) is 85.3 Å². The number of aliphatic hydroxyl groups is 1. The summed E-state index contributed by atoms with van der Waals surface area (Å²) in [7, 11) is 0. The molecule has 8 heteroatoms. The van der Waals surface area contributed by atoms with Gasteiger partial charge in [0.1, 0.15) is 17.2 Å². The second-order valence-corrected chi connectivity index (χ2v) is 9.90. The van der Waals surface area contributed by atoms with Crippen LogP contribution in [0.4, 0.5) is 4.39 Å². The first-order valence-electron chi connectivity index (χ1n) is 9.24. The number of amides is 1. The van der Waals surface area contributed by atoms with E-state index in [0.29, 0.717) is 0 Å². The highest BCUT2D eigenvalue weighted by atomic mass is 32.2. The SMILES string of the molecule is CC(C)c1cc(F)cc(C(C)C)c1CC(=O)N[S+]([O-])c1ncc(C(C)CO)s1. The van der Waals surface area contributed by atoms with Crippen LogP contribution in [-0.4, -0.2) is 27.2 Å². The molecule has 5 nitrogen and oxygen atoms in total. The Morgan fingerprint density at radius 1 is 1.25 bits per heavy atom. The van der Waals surface area contributed by atoms with Gasteiger partial charge >= 0.3 is 4.34 Å². The first kappa shape index (κ1) is 22.8. The Bertz CT molecular complexity index is 795. The summed E-state index contributed by atoms with van der Waals surface area (Å²) in [6.07, 6.45) is 1.59. The lowest BCUT2D eigenvalue weighted by Gasteiger charge is -2.19. The van der Waals surface area contributed by atoms with Crippen LogP contribution in [0.5, 0.6) is 0 Å². The minimum absolute atomic E-state index is 0.0261.